The molecule has 8 nitrogen and oxygen atoms in total. The molecule has 1 saturated heterocycles. The van der Waals surface area contributed by atoms with Crippen molar-refractivity contribution in [1.82, 2.24) is 15.1 Å². The van der Waals surface area contributed by atoms with Gasteiger partial charge in [0, 0.05) is 19.6 Å². The number of carbonyl (C=O) groups is 3. The van der Waals surface area contributed by atoms with Gasteiger partial charge in [0.2, 0.25) is 0 Å². The van der Waals surface area contributed by atoms with Gasteiger partial charge in [-0.2, -0.15) is 0 Å². The van der Waals surface area contributed by atoms with E-state index in [4.69, 9.17) is 5.11 Å². The van der Waals surface area contributed by atoms with Gasteiger partial charge in [-0.15, -0.1) is 6.58 Å². The third kappa shape index (κ3) is 4.45. The molecule has 3 amide bonds. The number of nitrogens with zero attached hydrogens (tertiary/aromatic N) is 2. The number of carbonyl (C=O) groups excluding carboxylic acids is 2. The molecule has 1 aliphatic heterocycles. The molecule has 1 atom stereocenters. The van der Waals surface area contributed by atoms with Crippen LogP contribution in [-0.2, 0) is 9.53 Å². The molecule has 0 aliphatic carbocycles. The van der Waals surface area contributed by atoms with Gasteiger partial charge in [0.05, 0.1) is 13.2 Å². The Morgan fingerprint density at radius 2 is 2.25 bits per heavy atom. The maximum Gasteiger partial charge on any atom is 0.407 e. The molecule has 1 heterocycles. The standard InChI is InChI=1S/C12H19N3O5/c1-3-5-14(8-10(16)17)12(19)15-6-4-9(7-15)13-11(18)20-2/h3,9H,1,4-8H2,2H3,(H,13,18)(H,16,17). The van der Waals surface area contributed by atoms with Crippen LogP contribution in [0, 0.1) is 0 Å². The molecule has 8 heteroatoms. The van der Waals surface area contributed by atoms with E-state index < -0.39 is 12.1 Å². The number of carboxylic acids is 1. The third-order valence-corrected chi connectivity index (χ3v) is 2.91. The average Bonchev–Trinajstić information content (AvgIpc) is 2.85. The minimum absolute atomic E-state index is 0.163. The summed E-state index contributed by atoms with van der Waals surface area (Å²) in [6.07, 6.45) is 1.54. The average molecular weight is 285 g/mol. The number of hydrogen-bond donors (Lipinski definition) is 2. The number of rotatable bonds is 5. The van der Waals surface area contributed by atoms with Gasteiger partial charge in [0.15, 0.2) is 0 Å². The molecule has 0 spiro atoms. The predicted molar refractivity (Wildman–Crippen MR) is 70.3 cm³/mol. The number of hydrogen-bond acceptors (Lipinski definition) is 4. The number of carboxylic acid groups (broad SMARTS) is 1. The second-order valence-corrected chi connectivity index (χ2v) is 4.41. The highest BCUT2D eigenvalue weighted by Gasteiger charge is 2.30. The summed E-state index contributed by atoms with van der Waals surface area (Å²) < 4.78 is 4.49. The highest BCUT2D eigenvalue weighted by atomic mass is 16.5. The molecule has 0 aromatic rings. The lowest BCUT2D eigenvalue weighted by Gasteiger charge is -2.25. The van der Waals surface area contributed by atoms with E-state index in [0.29, 0.717) is 19.5 Å². The first-order valence-electron chi connectivity index (χ1n) is 6.19. The van der Waals surface area contributed by atoms with Crippen LogP contribution < -0.4 is 5.32 Å². The molecule has 2 N–H and O–H groups in total. The largest absolute Gasteiger partial charge is 0.480 e. The van der Waals surface area contributed by atoms with Crippen LogP contribution in [0.25, 0.3) is 0 Å². The van der Waals surface area contributed by atoms with Crippen LogP contribution >= 0.6 is 0 Å². The quantitative estimate of drug-likeness (QED) is 0.698. The van der Waals surface area contributed by atoms with Gasteiger partial charge in [-0.05, 0) is 6.42 Å². The van der Waals surface area contributed by atoms with Crippen molar-refractivity contribution in [3.63, 3.8) is 0 Å². The van der Waals surface area contributed by atoms with Crippen LogP contribution in [0.2, 0.25) is 0 Å². The van der Waals surface area contributed by atoms with Gasteiger partial charge in [-0.25, -0.2) is 9.59 Å². The van der Waals surface area contributed by atoms with Crippen molar-refractivity contribution in [3.8, 4) is 0 Å². The Morgan fingerprint density at radius 3 is 2.80 bits per heavy atom. The van der Waals surface area contributed by atoms with Gasteiger partial charge in [0.25, 0.3) is 0 Å². The van der Waals surface area contributed by atoms with Crippen molar-refractivity contribution in [3.05, 3.63) is 12.7 Å². The molecule has 0 bridgehead atoms. The zero-order chi connectivity index (χ0) is 15.1. The Kier molecular flexibility index (Phi) is 5.82. The van der Waals surface area contributed by atoms with Crippen molar-refractivity contribution in [2.24, 2.45) is 0 Å². The number of alkyl carbamates (subject to hydrolysis) is 1. The second-order valence-electron chi connectivity index (χ2n) is 4.41. The topological polar surface area (TPSA) is 99.2 Å². The first-order chi connectivity index (χ1) is 9.47. The molecule has 0 saturated carbocycles. The van der Waals surface area contributed by atoms with Crippen LogP contribution in [0.15, 0.2) is 12.7 Å². The van der Waals surface area contributed by atoms with Crippen molar-refractivity contribution >= 4 is 18.1 Å². The van der Waals surface area contributed by atoms with Gasteiger partial charge in [-0.3, -0.25) is 4.79 Å². The zero-order valence-corrected chi connectivity index (χ0v) is 11.4. The minimum atomic E-state index is -1.08. The monoisotopic (exact) mass is 285 g/mol. The van der Waals surface area contributed by atoms with E-state index in [1.54, 1.807) is 0 Å². The van der Waals surface area contributed by atoms with Crippen LogP contribution in [0.4, 0.5) is 9.59 Å². The molecule has 1 unspecified atom stereocenters. The van der Waals surface area contributed by atoms with Crippen molar-refractivity contribution in [2.75, 3.05) is 33.3 Å². The number of urea groups is 1. The fraction of sp³-hybridized carbons (Fsp3) is 0.583. The fourth-order valence-corrected chi connectivity index (χ4v) is 2.01. The van der Waals surface area contributed by atoms with Gasteiger partial charge < -0.3 is 25.0 Å². The first kappa shape index (κ1) is 15.8. The first-order valence-corrected chi connectivity index (χ1v) is 6.19. The molecule has 20 heavy (non-hydrogen) atoms. The van der Waals surface area contributed by atoms with Crippen LogP contribution in [-0.4, -0.2) is 72.3 Å². The highest BCUT2D eigenvalue weighted by molar-refractivity contribution is 5.80. The van der Waals surface area contributed by atoms with Gasteiger partial charge in [-0.1, -0.05) is 6.08 Å². The van der Waals surface area contributed by atoms with Gasteiger partial charge in [0.1, 0.15) is 6.54 Å². The Balaban J connectivity index is 2.56. The van der Waals surface area contributed by atoms with E-state index in [-0.39, 0.29) is 25.2 Å². The smallest absolute Gasteiger partial charge is 0.407 e. The van der Waals surface area contributed by atoms with Crippen molar-refractivity contribution in [1.29, 1.82) is 0 Å². The molecule has 1 aliphatic rings. The number of likely N-dealkylation sites (tertiary alicyclic amines) is 1. The Morgan fingerprint density at radius 1 is 1.55 bits per heavy atom. The Hall–Kier alpha value is -2.25. The maximum atomic E-state index is 12.2. The van der Waals surface area contributed by atoms with E-state index in [2.05, 4.69) is 16.6 Å². The summed E-state index contributed by atoms with van der Waals surface area (Å²) in [5.41, 5.74) is 0. The van der Waals surface area contributed by atoms with Crippen molar-refractivity contribution < 1.29 is 24.2 Å². The highest BCUT2D eigenvalue weighted by Crippen LogP contribution is 2.12. The molecular weight excluding hydrogens is 266 g/mol. The summed E-state index contributed by atoms with van der Waals surface area (Å²) in [7, 11) is 1.27. The lowest BCUT2D eigenvalue weighted by Crippen LogP contribution is -2.46. The fourth-order valence-electron chi connectivity index (χ4n) is 2.01. The molecule has 0 aromatic heterocycles. The summed E-state index contributed by atoms with van der Waals surface area (Å²) >= 11 is 0. The van der Waals surface area contributed by atoms with Gasteiger partial charge >= 0.3 is 18.1 Å². The van der Waals surface area contributed by atoms with E-state index in [1.807, 2.05) is 0 Å². The van der Waals surface area contributed by atoms with Crippen LogP contribution in [0.1, 0.15) is 6.42 Å². The Labute approximate surface area is 117 Å². The molecular formula is C12H19N3O5. The summed E-state index contributed by atoms with van der Waals surface area (Å²) in [5, 5.41) is 11.4. The summed E-state index contributed by atoms with van der Waals surface area (Å²) in [5.74, 6) is -1.08. The normalized spacial score (nSPS) is 17.4. The maximum absolute atomic E-state index is 12.2. The van der Waals surface area contributed by atoms with E-state index in [0.717, 1.165) is 0 Å². The van der Waals surface area contributed by atoms with E-state index in [1.165, 1.54) is 23.0 Å². The van der Waals surface area contributed by atoms with E-state index >= 15 is 0 Å². The minimum Gasteiger partial charge on any atom is -0.480 e. The number of methoxy groups -OCH3 is 1. The SMILES string of the molecule is C=CCN(CC(=O)O)C(=O)N1CCC(NC(=O)OC)C1. The molecule has 0 radical (unpaired) electrons. The number of aliphatic carboxylic acids is 1. The third-order valence-electron chi connectivity index (χ3n) is 2.91. The molecule has 1 rings (SSSR count). The van der Waals surface area contributed by atoms with Crippen LogP contribution in [0.5, 0.6) is 0 Å². The Bertz CT molecular complexity index is 399. The summed E-state index contributed by atoms with van der Waals surface area (Å²) in [6, 6.07) is -0.553. The lowest BCUT2D eigenvalue weighted by atomic mass is 10.3. The molecule has 112 valence electrons. The van der Waals surface area contributed by atoms with Crippen molar-refractivity contribution in [2.45, 2.75) is 12.5 Å². The molecule has 1 fully saturated rings. The second kappa shape index (κ2) is 7.37. The molecule has 0 aromatic carbocycles. The lowest BCUT2D eigenvalue weighted by molar-refractivity contribution is -0.137. The predicted octanol–water partition coefficient (Wildman–Crippen LogP) is 0.109. The summed E-state index contributed by atoms with van der Waals surface area (Å²) in [4.78, 5) is 36.7. The number of amides is 3. The number of ether oxygens (including phenoxy) is 1. The van der Waals surface area contributed by atoms with E-state index in [9.17, 15) is 14.4 Å². The van der Waals surface area contributed by atoms with Crippen LogP contribution in [0.3, 0.4) is 0 Å². The number of nitrogens with one attached hydrogen (secondary N) is 1. The zero-order valence-electron chi connectivity index (χ0n) is 11.4. The summed E-state index contributed by atoms with van der Waals surface area (Å²) in [6.45, 7) is 4.08.